The van der Waals surface area contributed by atoms with Gasteiger partial charge in [-0.2, -0.15) is 5.10 Å². The summed E-state index contributed by atoms with van der Waals surface area (Å²) < 4.78 is 32.4. The third kappa shape index (κ3) is 5.06. The van der Waals surface area contributed by atoms with E-state index in [-0.39, 0.29) is 12.3 Å². The summed E-state index contributed by atoms with van der Waals surface area (Å²) in [7, 11) is 0. The van der Waals surface area contributed by atoms with Crippen LogP contribution in [-0.2, 0) is 6.42 Å². The van der Waals surface area contributed by atoms with E-state index in [0.717, 1.165) is 17.2 Å². The van der Waals surface area contributed by atoms with E-state index in [1.54, 1.807) is 24.4 Å². The molecule has 1 aliphatic carbocycles. The molecule has 4 aromatic rings. The molecule has 0 aromatic carbocycles. The molecule has 0 saturated heterocycles. The van der Waals surface area contributed by atoms with Crippen LogP contribution in [0.2, 0.25) is 4.34 Å². The second kappa shape index (κ2) is 9.27. The van der Waals surface area contributed by atoms with Gasteiger partial charge >= 0.3 is 0 Å². The number of aromatic nitrogens is 6. The molecule has 0 aliphatic heterocycles. The summed E-state index contributed by atoms with van der Waals surface area (Å²) in [4.78, 5) is 26.4. The van der Waals surface area contributed by atoms with Crippen molar-refractivity contribution in [1.82, 2.24) is 35.0 Å². The van der Waals surface area contributed by atoms with Crippen molar-refractivity contribution in [2.45, 2.75) is 57.5 Å². The number of thiophene rings is 1. The number of carbonyl (C=O) groups is 1. The minimum Gasteiger partial charge on any atom is -0.348 e. The van der Waals surface area contributed by atoms with E-state index in [1.807, 2.05) is 4.57 Å². The molecule has 2 N–H and O–H groups in total. The summed E-state index contributed by atoms with van der Waals surface area (Å²) in [5.41, 5.74) is 1.89. The fraction of sp³-hybridized carbons (Fsp3) is 0.435. The van der Waals surface area contributed by atoms with Crippen molar-refractivity contribution in [3.8, 4) is 11.5 Å². The molecule has 5 rings (SSSR count). The molecule has 0 unspecified atom stereocenters. The third-order valence-electron chi connectivity index (χ3n) is 6.03. The number of fused-ring (bicyclic) bond motifs is 1. The standard InChI is InChI=1S/C23H24ClF2N7OS/c1-12(2)5-20-31-16-10-27-15(21-28-11-29-32-21)7-17(16)33(20)14-6-13(8-23(25,26)9-14)30-22(34)18-3-4-19(24)35-18/h3-4,7,10-14H,5-6,8-9H2,1-2H3,(H,30,34)(H,28,29,32)/t13-,14+/m0/s1. The molecular formula is C23H24ClF2N7OS. The van der Waals surface area contributed by atoms with Crippen molar-refractivity contribution >= 4 is 39.9 Å². The highest BCUT2D eigenvalue weighted by Gasteiger charge is 2.43. The second-order valence-electron chi connectivity index (χ2n) is 9.32. The quantitative estimate of drug-likeness (QED) is 0.360. The van der Waals surface area contributed by atoms with Crippen LogP contribution >= 0.6 is 22.9 Å². The largest absolute Gasteiger partial charge is 0.348 e. The first-order chi connectivity index (χ1) is 16.7. The Bertz CT molecular complexity index is 1350. The van der Waals surface area contributed by atoms with E-state index < -0.39 is 30.3 Å². The van der Waals surface area contributed by atoms with Crippen LogP contribution in [0.4, 0.5) is 8.78 Å². The van der Waals surface area contributed by atoms with Gasteiger partial charge in [0.1, 0.15) is 23.4 Å². The molecule has 0 bridgehead atoms. The fourth-order valence-electron chi connectivity index (χ4n) is 4.71. The summed E-state index contributed by atoms with van der Waals surface area (Å²) in [6.07, 6.45) is 3.26. The van der Waals surface area contributed by atoms with Crippen molar-refractivity contribution < 1.29 is 13.6 Å². The Morgan fingerprint density at radius 2 is 2.17 bits per heavy atom. The number of pyridine rings is 1. The van der Waals surface area contributed by atoms with Crippen molar-refractivity contribution in [2.75, 3.05) is 0 Å². The minimum absolute atomic E-state index is 0.274. The molecule has 0 radical (unpaired) electrons. The highest BCUT2D eigenvalue weighted by Crippen LogP contribution is 2.42. The maximum Gasteiger partial charge on any atom is 0.261 e. The number of nitrogens with zero attached hydrogens (tertiary/aromatic N) is 5. The van der Waals surface area contributed by atoms with Crippen LogP contribution in [0.5, 0.6) is 0 Å². The molecular weight excluding hydrogens is 496 g/mol. The lowest BCUT2D eigenvalue weighted by Crippen LogP contribution is -2.45. The molecule has 4 heterocycles. The SMILES string of the molecule is CC(C)Cc1nc2cnc(-c3ncn[nH]3)cc2n1[C@@H]1C[C@H](NC(=O)c2ccc(Cl)s2)CC(F)(F)C1. The van der Waals surface area contributed by atoms with E-state index in [9.17, 15) is 4.79 Å². The topological polar surface area (TPSA) is 101 Å². The number of rotatable bonds is 6. The number of imidazole rings is 1. The van der Waals surface area contributed by atoms with Crippen LogP contribution in [0.15, 0.2) is 30.7 Å². The Hall–Kier alpha value is -2.92. The van der Waals surface area contributed by atoms with Gasteiger partial charge in [-0.3, -0.25) is 14.9 Å². The molecule has 1 amide bonds. The molecule has 12 heteroatoms. The minimum atomic E-state index is -2.94. The Labute approximate surface area is 209 Å². The van der Waals surface area contributed by atoms with Gasteiger partial charge in [-0.05, 0) is 30.5 Å². The summed E-state index contributed by atoms with van der Waals surface area (Å²) in [5.74, 6) is -1.85. The molecule has 1 aliphatic rings. The van der Waals surface area contributed by atoms with Gasteiger partial charge in [-0.1, -0.05) is 25.4 Å². The first kappa shape index (κ1) is 23.8. The summed E-state index contributed by atoms with van der Waals surface area (Å²) >= 11 is 7.06. The van der Waals surface area contributed by atoms with Crippen molar-refractivity contribution in [3.05, 3.63) is 45.8 Å². The van der Waals surface area contributed by atoms with Crippen LogP contribution in [0.25, 0.3) is 22.6 Å². The Kier molecular flexibility index (Phi) is 6.30. The number of hydrogen-bond acceptors (Lipinski definition) is 6. The normalized spacial score (nSPS) is 19.9. The molecule has 35 heavy (non-hydrogen) atoms. The smallest absolute Gasteiger partial charge is 0.261 e. The van der Waals surface area contributed by atoms with Crippen molar-refractivity contribution in [1.29, 1.82) is 0 Å². The monoisotopic (exact) mass is 519 g/mol. The molecule has 1 saturated carbocycles. The van der Waals surface area contributed by atoms with Crippen LogP contribution in [0, 0.1) is 5.92 Å². The van der Waals surface area contributed by atoms with E-state index in [1.165, 1.54) is 6.33 Å². The van der Waals surface area contributed by atoms with E-state index in [2.05, 4.69) is 39.3 Å². The van der Waals surface area contributed by atoms with E-state index >= 15 is 8.78 Å². The van der Waals surface area contributed by atoms with Gasteiger partial charge in [-0.25, -0.2) is 18.7 Å². The lowest BCUT2D eigenvalue weighted by molar-refractivity contribution is -0.0589. The zero-order valence-corrected chi connectivity index (χ0v) is 20.7. The van der Waals surface area contributed by atoms with Crippen molar-refractivity contribution in [3.63, 3.8) is 0 Å². The summed E-state index contributed by atoms with van der Waals surface area (Å²) in [6.45, 7) is 4.12. The van der Waals surface area contributed by atoms with Gasteiger partial charge in [0.2, 0.25) is 0 Å². The molecule has 0 spiro atoms. The van der Waals surface area contributed by atoms with E-state index in [4.69, 9.17) is 16.6 Å². The Balaban J connectivity index is 1.52. The first-order valence-corrected chi connectivity index (χ1v) is 12.5. The average Bonchev–Trinajstić information content (AvgIpc) is 3.51. The highest BCUT2D eigenvalue weighted by atomic mass is 35.5. The predicted molar refractivity (Wildman–Crippen MR) is 130 cm³/mol. The van der Waals surface area contributed by atoms with Crippen LogP contribution in [0.3, 0.4) is 0 Å². The van der Waals surface area contributed by atoms with Crippen LogP contribution in [0.1, 0.15) is 54.6 Å². The Morgan fingerprint density at radius 1 is 1.34 bits per heavy atom. The van der Waals surface area contributed by atoms with Gasteiger partial charge in [0.15, 0.2) is 5.82 Å². The van der Waals surface area contributed by atoms with Gasteiger partial charge in [-0.15, -0.1) is 11.3 Å². The Morgan fingerprint density at radius 3 is 2.86 bits per heavy atom. The van der Waals surface area contributed by atoms with Gasteiger partial charge in [0, 0.05) is 31.3 Å². The van der Waals surface area contributed by atoms with Gasteiger partial charge < -0.3 is 9.88 Å². The lowest BCUT2D eigenvalue weighted by atomic mass is 9.87. The molecule has 1 fully saturated rings. The number of amides is 1. The number of aromatic amines is 1. The number of H-pyrrole nitrogens is 1. The lowest BCUT2D eigenvalue weighted by Gasteiger charge is -2.36. The average molecular weight is 520 g/mol. The zero-order chi connectivity index (χ0) is 24.7. The van der Waals surface area contributed by atoms with Crippen LogP contribution < -0.4 is 5.32 Å². The maximum atomic E-state index is 15.0. The van der Waals surface area contributed by atoms with E-state index in [0.29, 0.717) is 44.6 Å². The van der Waals surface area contributed by atoms with Gasteiger partial charge in [0.25, 0.3) is 11.8 Å². The number of alkyl halides is 2. The third-order valence-corrected chi connectivity index (χ3v) is 7.26. The second-order valence-corrected chi connectivity index (χ2v) is 11.0. The zero-order valence-electron chi connectivity index (χ0n) is 19.1. The fourth-order valence-corrected chi connectivity index (χ4v) is 5.65. The molecule has 184 valence electrons. The number of halogens is 3. The number of carbonyl (C=O) groups excluding carboxylic acids is 1. The molecule has 8 nitrogen and oxygen atoms in total. The number of hydrogen-bond donors (Lipinski definition) is 2. The number of nitrogens with one attached hydrogen (secondary N) is 2. The van der Waals surface area contributed by atoms with Crippen LogP contribution in [-0.4, -0.2) is 47.6 Å². The highest BCUT2D eigenvalue weighted by molar-refractivity contribution is 7.18. The summed E-state index contributed by atoms with van der Waals surface area (Å²) in [6, 6.07) is 3.77. The maximum absolute atomic E-state index is 15.0. The van der Waals surface area contributed by atoms with Crippen molar-refractivity contribution in [2.24, 2.45) is 5.92 Å². The summed E-state index contributed by atoms with van der Waals surface area (Å²) in [5, 5.41) is 9.46. The molecule has 2 atom stereocenters. The van der Waals surface area contributed by atoms with Gasteiger partial charge in [0.05, 0.1) is 20.9 Å². The molecule has 4 aromatic heterocycles. The predicted octanol–water partition coefficient (Wildman–Crippen LogP) is 5.29. The first-order valence-electron chi connectivity index (χ1n) is 11.3.